The minimum atomic E-state index is 0.0565. The van der Waals surface area contributed by atoms with Crippen LogP contribution < -0.4 is 5.32 Å². The Morgan fingerprint density at radius 2 is 2.09 bits per heavy atom. The third-order valence-electron chi connectivity index (χ3n) is 4.33. The first kappa shape index (κ1) is 13.9. The fraction of sp³-hybridized carbons (Fsp3) is 0.375. The molecule has 0 aliphatic heterocycles. The summed E-state index contributed by atoms with van der Waals surface area (Å²) in [6.07, 6.45) is 8.85. The SMILES string of the molecule is O=C(c1nc(Nc2ccn[nH]2)n2cccc2n1)C1CCCCC1. The molecule has 1 fully saturated rings. The Morgan fingerprint density at radius 3 is 2.87 bits per heavy atom. The third kappa shape index (κ3) is 2.69. The largest absolute Gasteiger partial charge is 0.310 e. The summed E-state index contributed by atoms with van der Waals surface area (Å²) in [7, 11) is 0. The molecule has 118 valence electrons. The molecule has 1 aliphatic rings. The van der Waals surface area contributed by atoms with Gasteiger partial charge in [0.15, 0.2) is 0 Å². The Kier molecular flexibility index (Phi) is 3.53. The van der Waals surface area contributed by atoms with Gasteiger partial charge in [0, 0.05) is 18.2 Å². The summed E-state index contributed by atoms with van der Waals surface area (Å²) < 4.78 is 1.82. The number of carbonyl (C=O) groups is 1. The fourth-order valence-electron chi connectivity index (χ4n) is 3.12. The van der Waals surface area contributed by atoms with Crippen molar-refractivity contribution in [2.24, 2.45) is 5.92 Å². The van der Waals surface area contributed by atoms with E-state index in [0.717, 1.165) is 31.5 Å². The molecular weight excluding hydrogens is 292 g/mol. The van der Waals surface area contributed by atoms with Crippen LogP contribution in [-0.2, 0) is 0 Å². The number of hydrogen-bond acceptors (Lipinski definition) is 5. The molecule has 3 aromatic rings. The first-order valence-electron chi connectivity index (χ1n) is 7.97. The summed E-state index contributed by atoms with van der Waals surface area (Å²) in [6.45, 7) is 0. The smallest absolute Gasteiger partial charge is 0.216 e. The van der Waals surface area contributed by atoms with Gasteiger partial charge in [0.2, 0.25) is 17.6 Å². The van der Waals surface area contributed by atoms with Crippen LogP contribution in [0.2, 0.25) is 0 Å². The molecule has 0 atom stereocenters. The number of rotatable bonds is 4. The molecule has 7 nitrogen and oxygen atoms in total. The Hall–Kier alpha value is -2.70. The number of carbonyl (C=O) groups excluding carboxylic acids is 1. The van der Waals surface area contributed by atoms with Crippen molar-refractivity contribution in [2.45, 2.75) is 32.1 Å². The van der Waals surface area contributed by atoms with Crippen molar-refractivity contribution in [1.82, 2.24) is 24.6 Å². The van der Waals surface area contributed by atoms with Gasteiger partial charge in [0.05, 0.1) is 6.20 Å². The highest BCUT2D eigenvalue weighted by atomic mass is 16.1. The summed E-state index contributed by atoms with van der Waals surface area (Å²) in [5.41, 5.74) is 0.709. The zero-order valence-corrected chi connectivity index (χ0v) is 12.7. The molecule has 0 saturated heterocycles. The maximum absolute atomic E-state index is 12.7. The van der Waals surface area contributed by atoms with Crippen LogP contribution in [0.15, 0.2) is 30.6 Å². The van der Waals surface area contributed by atoms with Gasteiger partial charge in [-0.3, -0.25) is 14.3 Å². The maximum atomic E-state index is 12.7. The van der Waals surface area contributed by atoms with Gasteiger partial charge in [-0.15, -0.1) is 0 Å². The van der Waals surface area contributed by atoms with E-state index in [1.807, 2.05) is 22.7 Å². The van der Waals surface area contributed by atoms with Gasteiger partial charge in [0.25, 0.3) is 0 Å². The average molecular weight is 310 g/mol. The van der Waals surface area contributed by atoms with E-state index in [2.05, 4.69) is 25.5 Å². The molecule has 0 unspecified atom stereocenters. The van der Waals surface area contributed by atoms with Crippen LogP contribution in [-0.4, -0.2) is 30.3 Å². The lowest BCUT2D eigenvalue weighted by molar-refractivity contribution is 0.0879. The quantitative estimate of drug-likeness (QED) is 0.723. The van der Waals surface area contributed by atoms with Gasteiger partial charge in [-0.25, -0.2) is 4.98 Å². The maximum Gasteiger partial charge on any atom is 0.216 e. The molecule has 0 amide bonds. The van der Waals surface area contributed by atoms with Crippen LogP contribution in [0.3, 0.4) is 0 Å². The summed E-state index contributed by atoms with van der Waals surface area (Å²) in [4.78, 5) is 21.6. The van der Waals surface area contributed by atoms with E-state index in [9.17, 15) is 4.79 Å². The summed E-state index contributed by atoms with van der Waals surface area (Å²) in [5.74, 6) is 1.69. The zero-order chi connectivity index (χ0) is 15.6. The van der Waals surface area contributed by atoms with Crippen LogP contribution in [0.1, 0.15) is 42.7 Å². The Bertz CT molecular complexity index is 816. The highest BCUT2D eigenvalue weighted by Crippen LogP contribution is 2.26. The molecule has 2 N–H and O–H groups in total. The van der Waals surface area contributed by atoms with Crippen LogP contribution in [0, 0.1) is 5.92 Å². The minimum Gasteiger partial charge on any atom is -0.310 e. The molecule has 7 heteroatoms. The van der Waals surface area contributed by atoms with Gasteiger partial charge in [-0.2, -0.15) is 10.1 Å². The van der Waals surface area contributed by atoms with Gasteiger partial charge in [0.1, 0.15) is 11.5 Å². The Balaban J connectivity index is 1.71. The van der Waals surface area contributed by atoms with E-state index in [0.29, 0.717) is 17.4 Å². The van der Waals surface area contributed by atoms with Crippen LogP contribution in [0.4, 0.5) is 11.8 Å². The van der Waals surface area contributed by atoms with E-state index in [1.54, 1.807) is 12.3 Å². The standard InChI is InChI=1S/C16H18N6O/c23-14(11-5-2-1-3-6-11)15-19-13-7-4-10-22(13)16(20-15)18-12-8-9-17-21-12/h4,7-11H,1-3,5-6H2,(H2,17,18,19,20,21). The average Bonchev–Trinajstić information content (AvgIpc) is 3.26. The molecule has 23 heavy (non-hydrogen) atoms. The molecule has 1 saturated carbocycles. The topological polar surface area (TPSA) is 88.0 Å². The van der Waals surface area contributed by atoms with Crippen molar-refractivity contribution in [3.05, 3.63) is 36.4 Å². The second-order valence-corrected chi connectivity index (χ2v) is 5.90. The molecule has 1 aliphatic carbocycles. The van der Waals surface area contributed by atoms with E-state index < -0.39 is 0 Å². The molecule has 0 radical (unpaired) electrons. The molecular formula is C16H18N6O. The van der Waals surface area contributed by atoms with Gasteiger partial charge < -0.3 is 5.32 Å². The third-order valence-corrected chi connectivity index (χ3v) is 4.33. The van der Waals surface area contributed by atoms with Gasteiger partial charge >= 0.3 is 0 Å². The lowest BCUT2D eigenvalue weighted by atomic mass is 9.86. The van der Waals surface area contributed by atoms with E-state index in [1.165, 1.54) is 6.42 Å². The molecule has 0 bridgehead atoms. The summed E-state index contributed by atoms with van der Waals surface area (Å²) >= 11 is 0. The number of Topliss-reactive ketones (excluding diaryl/α,β-unsaturated/α-hetero) is 1. The highest BCUT2D eigenvalue weighted by molar-refractivity contribution is 5.95. The van der Waals surface area contributed by atoms with Crippen molar-refractivity contribution in [3.8, 4) is 0 Å². The van der Waals surface area contributed by atoms with Crippen molar-refractivity contribution in [2.75, 3.05) is 5.32 Å². The first-order valence-corrected chi connectivity index (χ1v) is 7.97. The number of nitrogens with zero attached hydrogens (tertiary/aromatic N) is 4. The van der Waals surface area contributed by atoms with Gasteiger partial charge in [-0.05, 0) is 25.0 Å². The monoisotopic (exact) mass is 310 g/mol. The molecule has 4 rings (SSSR count). The predicted octanol–water partition coefficient (Wildman–Crippen LogP) is 2.96. The number of aromatic nitrogens is 5. The second kappa shape index (κ2) is 5.83. The number of nitrogens with one attached hydrogen (secondary N) is 2. The first-order chi connectivity index (χ1) is 11.3. The number of hydrogen-bond donors (Lipinski definition) is 2. The van der Waals surface area contributed by atoms with Crippen LogP contribution in [0.5, 0.6) is 0 Å². The van der Waals surface area contributed by atoms with Crippen molar-refractivity contribution in [1.29, 1.82) is 0 Å². The summed E-state index contributed by atoms with van der Waals surface area (Å²) in [6, 6.07) is 5.56. The number of aromatic amines is 1. The predicted molar refractivity (Wildman–Crippen MR) is 85.8 cm³/mol. The van der Waals surface area contributed by atoms with Gasteiger partial charge in [-0.1, -0.05) is 19.3 Å². The van der Waals surface area contributed by atoms with E-state index in [4.69, 9.17) is 0 Å². The number of anilines is 2. The van der Waals surface area contributed by atoms with Crippen molar-refractivity contribution < 1.29 is 4.79 Å². The van der Waals surface area contributed by atoms with E-state index in [-0.39, 0.29) is 11.7 Å². The zero-order valence-electron chi connectivity index (χ0n) is 12.7. The molecule has 3 aromatic heterocycles. The van der Waals surface area contributed by atoms with Crippen LogP contribution in [0.25, 0.3) is 5.65 Å². The van der Waals surface area contributed by atoms with Crippen molar-refractivity contribution >= 4 is 23.2 Å². The van der Waals surface area contributed by atoms with Crippen LogP contribution >= 0.6 is 0 Å². The highest BCUT2D eigenvalue weighted by Gasteiger charge is 2.25. The molecule has 0 spiro atoms. The molecule has 0 aromatic carbocycles. The number of ketones is 1. The lowest BCUT2D eigenvalue weighted by Gasteiger charge is -2.19. The second-order valence-electron chi connectivity index (χ2n) is 5.90. The lowest BCUT2D eigenvalue weighted by Crippen LogP contribution is -2.21. The molecule has 3 heterocycles. The van der Waals surface area contributed by atoms with E-state index >= 15 is 0 Å². The number of H-pyrrole nitrogens is 1. The summed E-state index contributed by atoms with van der Waals surface area (Å²) in [5, 5.41) is 9.90. The Labute approximate surface area is 133 Å². The minimum absolute atomic E-state index is 0.0565. The van der Waals surface area contributed by atoms with Crippen molar-refractivity contribution in [3.63, 3.8) is 0 Å². The Morgan fingerprint density at radius 1 is 1.22 bits per heavy atom. The fourth-order valence-corrected chi connectivity index (χ4v) is 3.12. The normalized spacial score (nSPS) is 15.8. The number of fused-ring (bicyclic) bond motifs is 1.